The Bertz CT molecular complexity index is 1200. The Morgan fingerprint density at radius 2 is 1.94 bits per heavy atom. The van der Waals surface area contributed by atoms with E-state index in [0.717, 1.165) is 35.6 Å². The Morgan fingerprint density at radius 1 is 1.11 bits per heavy atom. The van der Waals surface area contributed by atoms with Gasteiger partial charge in [0, 0.05) is 30.5 Å². The number of carbonyl (C=O) groups is 5. The summed E-state index contributed by atoms with van der Waals surface area (Å²) in [5, 5.41) is 19.1. The number of aromatic nitrogens is 3. The molecule has 4 amide bonds. The van der Waals surface area contributed by atoms with Crippen LogP contribution >= 0.6 is 11.8 Å². The van der Waals surface area contributed by atoms with Crippen LogP contribution in [0.15, 0.2) is 29.3 Å². The molecular weight excluding hydrogens is 486 g/mol. The predicted molar refractivity (Wildman–Crippen MR) is 128 cm³/mol. The maximum Gasteiger partial charge on any atom is 0.303 e. The molecular formula is C24H27N5O6S. The van der Waals surface area contributed by atoms with Crippen molar-refractivity contribution in [1.82, 2.24) is 25.2 Å². The standard InChI is InChI=1S/C24H27N5O6S/c30-19-11-10-17(22(33)25-19)29-23(34)16-7-5-8-18(21(16)24(29)35)36-13-3-1-2-12-28-14-15(26-27-28)6-4-9-20(31)32/h5,7-8,14,17H,1-4,6,9-13H2,(H,31,32)(H,25,30,33). The molecule has 0 radical (unpaired) electrons. The lowest BCUT2D eigenvalue weighted by molar-refractivity contribution is -0.138. The second-order valence-corrected chi connectivity index (χ2v) is 9.89. The van der Waals surface area contributed by atoms with E-state index in [-0.39, 0.29) is 19.3 Å². The Labute approximate surface area is 211 Å². The molecule has 1 saturated heterocycles. The van der Waals surface area contributed by atoms with Gasteiger partial charge in [-0.3, -0.25) is 38.9 Å². The summed E-state index contributed by atoms with van der Waals surface area (Å²) in [5.41, 5.74) is 1.41. The van der Waals surface area contributed by atoms with Crippen molar-refractivity contribution >= 4 is 41.4 Å². The van der Waals surface area contributed by atoms with Crippen LogP contribution in [0.5, 0.6) is 0 Å². The van der Waals surface area contributed by atoms with Gasteiger partial charge in [-0.25, -0.2) is 0 Å². The first-order chi connectivity index (χ1) is 17.3. The fraction of sp³-hybridized carbons (Fsp3) is 0.458. The van der Waals surface area contributed by atoms with Crippen LogP contribution in [-0.4, -0.2) is 66.4 Å². The Kier molecular flexibility index (Phi) is 8.14. The molecule has 1 unspecified atom stereocenters. The van der Waals surface area contributed by atoms with Gasteiger partial charge in [-0.1, -0.05) is 17.7 Å². The third-order valence-electron chi connectivity index (χ3n) is 6.13. The smallest absolute Gasteiger partial charge is 0.303 e. The largest absolute Gasteiger partial charge is 0.481 e. The maximum atomic E-state index is 13.1. The molecule has 2 aliphatic heterocycles. The number of nitrogens with zero attached hydrogens (tertiary/aromatic N) is 4. The van der Waals surface area contributed by atoms with E-state index in [0.29, 0.717) is 35.4 Å². The van der Waals surface area contributed by atoms with Crippen LogP contribution in [0.25, 0.3) is 0 Å². The fourth-order valence-corrected chi connectivity index (χ4v) is 5.41. The number of hydrogen-bond donors (Lipinski definition) is 2. The van der Waals surface area contributed by atoms with Gasteiger partial charge in [-0.05, 0) is 50.0 Å². The van der Waals surface area contributed by atoms with Gasteiger partial charge in [0.25, 0.3) is 11.8 Å². The van der Waals surface area contributed by atoms with Crippen molar-refractivity contribution in [2.45, 2.75) is 68.8 Å². The predicted octanol–water partition coefficient (Wildman–Crippen LogP) is 2.05. The zero-order valence-electron chi connectivity index (χ0n) is 19.6. The Hall–Kier alpha value is -3.54. The van der Waals surface area contributed by atoms with E-state index in [1.165, 1.54) is 11.8 Å². The van der Waals surface area contributed by atoms with E-state index < -0.39 is 35.6 Å². The molecule has 36 heavy (non-hydrogen) atoms. The topological polar surface area (TPSA) is 152 Å². The first-order valence-corrected chi connectivity index (χ1v) is 12.9. The van der Waals surface area contributed by atoms with E-state index in [1.54, 1.807) is 16.8 Å². The molecule has 1 aromatic heterocycles. The molecule has 12 heteroatoms. The van der Waals surface area contributed by atoms with E-state index in [1.807, 2.05) is 12.3 Å². The highest BCUT2D eigenvalue weighted by molar-refractivity contribution is 7.99. The second kappa shape index (κ2) is 11.5. The Morgan fingerprint density at radius 3 is 2.72 bits per heavy atom. The molecule has 1 aromatic carbocycles. The summed E-state index contributed by atoms with van der Waals surface area (Å²) in [5.74, 6) is -2.06. The number of amides is 4. The summed E-state index contributed by atoms with van der Waals surface area (Å²) in [4.78, 5) is 62.1. The zero-order valence-corrected chi connectivity index (χ0v) is 20.5. The molecule has 0 bridgehead atoms. The number of carboxylic acid groups (broad SMARTS) is 1. The minimum atomic E-state index is -0.970. The lowest BCUT2D eigenvalue weighted by Crippen LogP contribution is -2.54. The molecule has 0 saturated carbocycles. The van der Waals surface area contributed by atoms with Crippen LogP contribution in [0.2, 0.25) is 0 Å². The van der Waals surface area contributed by atoms with E-state index in [4.69, 9.17) is 5.11 Å². The third kappa shape index (κ3) is 5.81. The number of aryl methyl sites for hydroxylation is 2. The summed E-state index contributed by atoms with van der Waals surface area (Å²) in [6.45, 7) is 0.714. The van der Waals surface area contributed by atoms with Gasteiger partial charge < -0.3 is 5.11 Å². The molecule has 4 rings (SSSR count). The van der Waals surface area contributed by atoms with Crippen molar-refractivity contribution in [2.75, 3.05) is 5.75 Å². The highest BCUT2D eigenvalue weighted by atomic mass is 32.2. The molecule has 2 aromatic rings. The zero-order chi connectivity index (χ0) is 25.7. The number of nitrogens with one attached hydrogen (secondary N) is 1. The van der Waals surface area contributed by atoms with E-state index in [9.17, 15) is 24.0 Å². The van der Waals surface area contributed by atoms with Crippen molar-refractivity contribution in [1.29, 1.82) is 0 Å². The normalized spacial score (nSPS) is 17.4. The lowest BCUT2D eigenvalue weighted by Gasteiger charge is -2.27. The summed E-state index contributed by atoms with van der Waals surface area (Å²) in [7, 11) is 0. The number of thioether (sulfide) groups is 1. The number of rotatable bonds is 12. The van der Waals surface area contributed by atoms with Gasteiger partial charge >= 0.3 is 5.97 Å². The number of piperidine rings is 1. The number of hydrogen-bond acceptors (Lipinski definition) is 8. The molecule has 2 N–H and O–H groups in total. The molecule has 0 spiro atoms. The van der Waals surface area contributed by atoms with Gasteiger partial charge in [-0.2, -0.15) is 0 Å². The summed E-state index contributed by atoms with van der Waals surface area (Å²) in [6, 6.07) is 4.17. The summed E-state index contributed by atoms with van der Waals surface area (Å²) in [6.07, 6.45) is 6.04. The molecule has 1 atom stereocenters. The summed E-state index contributed by atoms with van der Waals surface area (Å²) >= 11 is 1.51. The average molecular weight is 514 g/mol. The second-order valence-electron chi connectivity index (χ2n) is 8.76. The number of carboxylic acids is 1. The SMILES string of the molecule is O=C(O)CCCc1cn(CCCCCSc2cccc3c2C(=O)N(C2CCC(=O)NC2=O)C3=O)nn1. The molecule has 3 heterocycles. The minimum Gasteiger partial charge on any atom is -0.481 e. The highest BCUT2D eigenvalue weighted by Gasteiger charge is 2.45. The summed E-state index contributed by atoms with van der Waals surface area (Å²) < 4.78 is 1.77. The van der Waals surface area contributed by atoms with Crippen molar-refractivity contribution in [3.05, 3.63) is 41.2 Å². The van der Waals surface area contributed by atoms with E-state index in [2.05, 4.69) is 15.6 Å². The first-order valence-electron chi connectivity index (χ1n) is 11.9. The van der Waals surface area contributed by atoms with Crippen molar-refractivity contribution < 1.29 is 29.1 Å². The number of aliphatic carboxylic acids is 1. The fourth-order valence-electron chi connectivity index (χ4n) is 4.32. The van der Waals surface area contributed by atoms with Gasteiger partial charge in [0.1, 0.15) is 6.04 Å². The average Bonchev–Trinajstić information content (AvgIpc) is 3.39. The van der Waals surface area contributed by atoms with Crippen LogP contribution in [0.1, 0.15) is 71.4 Å². The molecule has 190 valence electrons. The minimum absolute atomic E-state index is 0.0893. The first kappa shape index (κ1) is 25.5. The van der Waals surface area contributed by atoms with Crippen molar-refractivity contribution in [2.24, 2.45) is 0 Å². The Balaban J connectivity index is 1.25. The van der Waals surface area contributed by atoms with Crippen LogP contribution in [0.4, 0.5) is 0 Å². The number of imide groups is 2. The quantitative estimate of drug-likeness (QED) is 0.247. The van der Waals surface area contributed by atoms with Crippen LogP contribution in [0, 0.1) is 0 Å². The monoisotopic (exact) mass is 513 g/mol. The van der Waals surface area contributed by atoms with Gasteiger partial charge in [0.15, 0.2) is 0 Å². The number of unbranched alkanes of at least 4 members (excludes halogenated alkanes) is 2. The van der Waals surface area contributed by atoms with Crippen LogP contribution < -0.4 is 5.32 Å². The number of carbonyl (C=O) groups excluding carboxylic acids is 4. The number of benzene rings is 1. The van der Waals surface area contributed by atoms with Crippen LogP contribution in [0.3, 0.4) is 0 Å². The maximum absolute atomic E-state index is 13.1. The number of fused-ring (bicyclic) bond motifs is 1. The van der Waals surface area contributed by atoms with Crippen molar-refractivity contribution in [3.8, 4) is 0 Å². The van der Waals surface area contributed by atoms with E-state index >= 15 is 0 Å². The molecule has 2 aliphatic rings. The molecule has 11 nitrogen and oxygen atoms in total. The van der Waals surface area contributed by atoms with Gasteiger partial charge in [0.05, 0.1) is 16.8 Å². The van der Waals surface area contributed by atoms with Gasteiger partial charge in [-0.15, -0.1) is 16.9 Å². The molecule has 1 fully saturated rings. The van der Waals surface area contributed by atoms with Crippen molar-refractivity contribution in [3.63, 3.8) is 0 Å². The lowest BCUT2D eigenvalue weighted by atomic mass is 10.0. The van der Waals surface area contributed by atoms with Crippen LogP contribution in [-0.2, 0) is 27.3 Å². The van der Waals surface area contributed by atoms with Gasteiger partial charge in [0.2, 0.25) is 11.8 Å². The molecule has 0 aliphatic carbocycles. The third-order valence-corrected chi connectivity index (χ3v) is 7.27. The highest BCUT2D eigenvalue weighted by Crippen LogP contribution is 2.34.